The van der Waals surface area contributed by atoms with Crippen LogP contribution in [-0.2, 0) is 0 Å². The van der Waals surface area contributed by atoms with Gasteiger partial charge in [-0.25, -0.2) is 4.39 Å². The summed E-state index contributed by atoms with van der Waals surface area (Å²) in [7, 11) is 1.57. The zero-order chi connectivity index (χ0) is 13.7. The first-order chi connectivity index (χ1) is 9.20. The first-order valence-electron chi connectivity index (χ1n) is 5.81. The second-order valence-corrected chi connectivity index (χ2v) is 3.93. The summed E-state index contributed by atoms with van der Waals surface area (Å²) in [5.41, 5.74) is 1.46. The lowest BCUT2D eigenvalue weighted by atomic mass is 10.1. The van der Waals surface area contributed by atoms with Crippen molar-refractivity contribution < 1.29 is 14.0 Å². The number of hydrogen-bond acceptors (Lipinski definition) is 3. The fourth-order valence-electron chi connectivity index (χ4n) is 1.56. The molecule has 0 amide bonds. The Labute approximate surface area is 111 Å². The van der Waals surface area contributed by atoms with Crippen LogP contribution in [0.25, 0.3) is 0 Å². The molecule has 0 aliphatic carbocycles. The summed E-state index contributed by atoms with van der Waals surface area (Å²) in [6, 6.07) is 13.3. The van der Waals surface area contributed by atoms with Crippen LogP contribution in [0.4, 0.5) is 4.39 Å². The van der Waals surface area contributed by atoms with E-state index < -0.39 is 0 Å². The molecule has 0 heterocycles. The Kier molecular flexibility index (Phi) is 4.13. The molecule has 98 valence electrons. The molecule has 4 heteroatoms. The number of methoxy groups -OCH3 is 1. The molecule has 0 radical (unpaired) electrons. The summed E-state index contributed by atoms with van der Waals surface area (Å²) in [5.74, 6) is 0.867. The third-order valence-electron chi connectivity index (χ3n) is 2.61. The molecule has 0 aliphatic rings. The first kappa shape index (κ1) is 13.1. The molecule has 2 rings (SSSR count). The quantitative estimate of drug-likeness (QED) is 0.620. The van der Waals surface area contributed by atoms with Crippen LogP contribution in [0.15, 0.2) is 53.7 Å². The van der Waals surface area contributed by atoms with Crippen LogP contribution < -0.4 is 9.57 Å². The van der Waals surface area contributed by atoms with Crippen LogP contribution in [0, 0.1) is 5.82 Å². The summed E-state index contributed by atoms with van der Waals surface area (Å²) >= 11 is 0. The molecule has 0 N–H and O–H groups in total. The highest BCUT2D eigenvalue weighted by atomic mass is 19.1. The maximum atomic E-state index is 12.8. The van der Waals surface area contributed by atoms with Crippen molar-refractivity contribution in [3.05, 3.63) is 59.9 Å². The predicted molar refractivity (Wildman–Crippen MR) is 72.2 cm³/mol. The van der Waals surface area contributed by atoms with Gasteiger partial charge in [-0.3, -0.25) is 0 Å². The van der Waals surface area contributed by atoms with Crippen molar-refractivity contribution in [3.63, 3.8) is 0 Å². The lowest BCUT2D eigenvalue weighted by Crippen LogP contribution is -1.98. The third-order valence-corrected chi connectivity index (χ3v) is 2.61. The van der Waals surface area contributed by atoms with Crippen molar-refractivity contribution in [1.29, 1.82) is 0 Å². The van der Waals surface area contributed by atoms with E-state index in [1.165, 1.54) is 12.1 Å². The summed E-state index contributed by atoms with van der Waals surface area (Å²) in [6.45, 7) is 1.79. The molecule has 0 aromatic heterocycles. The molecular weight excluding hydrogens is 245 g/mol. The first-order valence-corrected chi connectivity index (χ1v) is 5.81. The lowest BCUT2D eigenvalue weighted by Gasteiger charge is -2.06. The van der Waals surface area contributed by atoms with Crippen molar-refractivity contribution in [1.82, 2.24) is 0 Å². The molecule has 2 aromatic rings. The number of benzene rings is 2. The summed E-state index contributed by atoms with van der Waals surface area (Å²) in [4.78, 5) is 5.34. The lowest BCUT2D eigenvalue weighted by molar-refractivity contribution is 0.311. The van der Waals surface area contributed by atoms with Crippen molar-refractivity contribution in [2.45, 2.75) is 6.92 Å². The predicted octanol–water partition coefficient (Wildman–Crippen LogP) is 3.64. The minimum atomic E-state index is -0.276. The van der Waals surface area contributed by atoms with Gasteiger partial charge in [-0.05, 0) is 36.8 Å². The molecular formula is C15H14FNO2. The Bertz CT molecular complexity index is 579. The Morgan fingerprint density at radius 2 is 1.63 bits per heavy atom. The van der Waals surface area contributed by atoms with E-state index >= 15 is 0 Å². The average Bonchev–Trinajstić information content (AvgIpc) is 2.45. The van der Waals surface area contributed by atoms with E-state index in [1.54, 1.807) is 38.3 Å². The molecule has 0 unspecified atom stereocenters. The zero-order valence-electron chi connectivity index (χ0n) is 10.8. The van der Waals surface area contributed by atoms with E-state index in [4.69, 9.17) is 9.57 Å². The Morgan fingerprint density at radius 3 is 2.26 bits per heavy atom. The zero-order valence-corrected chi connectivity index (χ0v) is 10.8. The summed E-state index contributed by atoms with van der Waals surface area (Å²) in [6.07, 6.45) is 0. The third kappa shape index (κ3) is 3.31. The minimum absolute atomic E-state index is 0.276. The SMILES string of the molecule is COc1ccccc1O/N=C(\C)c1ccc(F)cc1. The Balaban J connectivity index is 2.15. The number of ether oxygens (including phenoxy) is 1. The van der Waals surface area contributed by atoms with E-state index in [2.05, 4.69) is 5.16 Å². The van der Waals surface area contributed by atoms with Gasteiger partial charge in [0.1, 0.15) is 5.82 Å². The van der Waals surface area contributed by atoms with Crippen LogP contribution in [0.2, 0.25) is 0 Å². The van der Waals surface area contributed by atoms with Gasteiger partial charge < -0.3 is 9.57 Å². The van der Waals surface area contributed by atoms with Gasteiger partial charge in [0.15, 0.2) is 11.5 Å². The topological polar surface area (TPSA) is 30.8 Å². The maximum Gasteiger partial charge on any atom is 0.199 e. The molecule has 0 saturated carbocycles. The number of para-hydroxylation sites is 2. The largest absolute Gasteiger partial charge is 0.493 e. The molecule has 0 fully saturated rings. The second kappa shape index (κ2) is 6.00. The number of oxime groups is 1. The number of nitrogens with zero attached hydrogens (tertiary/aromatic N) is 1. The smallest absolute Gasteiger partial charge is 0.199 e. The average molecular weight is 259 g/mol. The van der Waals surface area contributed by atoms with Gasteiger partial charge in [0.25, 0.3) is 0 Å². The van der Waals surface area contributed by atoms with Crippen molar-refractivity contribution >= 4 is 5.71 Å². The molecule has 19 heavy (non-hydrogen) atoms. The van der Waals surface area contributed by atoms with Gasteiger partial charge in [-0.1, -0.05) is 29.4 Å². The summed E-state index contributed by atoms with van der Waals surface area (Å²) < 4.78 is 18.0. The van der Waals surface area contributed by atoms with Crippen molar-refractivity contribution in [2.75, 3.05) is 7.11 Å². The van der Waals surface area contributed by atoms with E-state index in [0.717, 1.165) is 5.56 Å². The van der Waals surface area contributed by atoms with Crippen molar-refractivity contribution in [3.8, 4) is 11.5 Å². The maximum absolute atomic E-state index is 12.8. The number of hydrogen-bond donors (Lipinski definition) is 0. The van der Waals surface area contributed by atoms with Crippen LogP contribution in [0.1, 0.15) is 12.5 Å². The van der Waals surface area contributed by atoms with E-state index in [1.807, 2.05) is 12.1 Å². The fraction of sp³-hybridized carbons (Fsp3) is 0.133. The van der Waals surface area contributed by atoms with E-state index in [0.29, 0.717) is 17.2 Å². The van der Waals surface area contributed by atoms with Gasteiger partial charge in [0, 0.05) is 0 Å². The van der Waals surface area contributed by atoms with Gasteiger partial charge in [0.05, 0.1) is 12.8 Å². The number of rotatable bonds is 4. The Morgan fingerprint density at radius 1 is 1.00 bits per heavy atom. The molecule has 0 atom stereocenters. The van der Waals surface area contributed by atoms with Crippen LogP contribution in [0.5, 0.6) is 11.5 Å². The fourth-order valence-corrected chi connectivity index (χ4v) is 1.56. The van der Waals surface area contributed by atoms with Gasteiger partial charge >= 0.3 is 0 Å². The van der Waals surface area contributed by atoms with Crippen LogP contribution in [-0.4, -0.2) is 12.8 Å². The number of halogens is 1. The van der Waals surface area contributed by atoms with Gasteiger partial charge in [-0.2, -0.15) is 0 Å². The van der Waals surface area contributed by atoms with Crippen LogP contribution >= 0.6 is 0 Å². The van der Waals surface area contributed by atoms with E-state index in [9.17, 15) is 4.39 Å². The monoisotopic (exact) mass is 259 g/mol. The highest BCUT2D eigenvalue weighted by molar-refractivity contribution is 5.98. The van der Waals surface area contributed by atoms with Crippen LogP contribution in [0.3, 0.4) is 0 Å². The highest BCUT2D eigenvalue weighted by Gasteiger charge is 2.03. The molecule has 0 bridgehead atoms. The van der Waals surface area contributed by atoms with Gasteiger partial charge in [0.2, 0.25) is 0 Å². The minimum Gasteiger partial charge on any atom is -0.493 e. The Hall–Kier alpha value is -2.36. The normalized spacial score (nSPS) is 11.2. The molecule has 2 aromatic carbocycles. The standard InChI is InChI=1S/C15H14FNO2/c1-11(12-7-9-13(16)10-8-12)17-19-15-6-4-3-5-14(15)18-2/h3-10H,1-2H3/b17-11+. The molecule has 3 nitrogen and oxygen atoms in total. The molecule has 0 aliphatic heterocycles. The second-order valence-electron chi connectivity index (χ2n) is 3.93. The van der Waals surface area contributed by atoms with Crippen molar-refractivity contribution in [2.24, 2.45) is 5.16 Å². The van der Waals surface area contributed by atoms with Gasteiger partial charge in [-0.15, -0.1) is 0 Å². The van der Waals surface area contributed by atoms with E-state index in [-0.39, 0.29) is 5.82 Å². The molecule has 0 saturated heterocycles. The summed E-state index contributed by atoms with van der Waals surface area (Å²) in [5, 5.41) is 4.02. The highest BCUT2D eigenvalue weighted by Crippen LogP contribution is 2.26. The molecule has 0 spiro atoms.